The van der Waals surface area contributed by atoms with Crippen LogP contribution in [-0.4, -0.2) is 31.5 Å². The lowest BCUT2D eigenvalue weighted by Crippen LogP contribution is -2.54. The third-order valence-corrected chi connectivity index (χ3v) is 3.17. The highest BCUT2D eigenvalue weighted by atomic mass is 19.4. The Bertz CT molecular complexity index is 419. The van der Waals surface area contributed by atoms with Gasteiger partial charge in [0.2, 0.25) is 0 Å². The van der Waals surface area contributed by atoms with Crippen molar-refractivity contribution in [2.45, 2.75) is 32.3 Å². The van der Waals surface area contributed by atoms with Gasteiger partial charge < -0.3 is 15.0 Å². The van der Waals surface area contributed by atoms with Crippen molar-refractivity contribution in [3.05, 3.63) is 24.3 Å². The molecule has 0 radical (unpaired) electrons. The topological polar surface area (TPSA) is 24.5 Å². The van der Waals surface area contributed by atoms with Gasteiger partial charge in [0.1, 0.15) is 5.75 Å². The minimum Gasteiger partial charge on any atom is -0.406 e. The second-order valence-electron chi connectivity index (χ2n) is 4.85. The quantitative estimate of drug-likeness (QED) is 0.897. The molecule has 1 aliphatic rings. The molecule has 106 valence electrons. The van der Waals surface area contributed by atoms with E-state index in [1.54, 1.807) is 12.1 Å². The zero-order valence-electron chi connectivity index (χ0n) is 10.9. The summed E-state index contributed by atoms with van der Waals surface area (Å²) in [5.41, 5.74) is 0.912. The monoisotopic (exact) mass is 274 g/mol. The van der Waals surface area contributed by atoms with Gasteiger partial charge in [-0.1, -0.05) is 0 Å². The van der Waals surface area contributed by atoms with E-state index < -0.39 is 6.36 Å². The van der Waals surface area contributed by atoms with Gasteiger partial charge in [0.15, 0.2) is 0 Å². The molecule has 2 atom stereocenters. The average Bonchev–Trinajstić information content (AvgIpc) is 2.31. The van der Waals surface area contributed by atoms with Crippen LogP contribution in [0.3, 0.4) is 0 Å². The maximum Gasteiger partial charge on any atom is 0.573 e. The van der Waals surface area contributed by atoms with Crippen molar-refractivity contribution in [1.82, 2.24) is 5.32 Å². The molecule has 0 saturated carbocycles. The van der Waals surface area contributed by atoms with Crippen LogP contribution in [0.25, 0.3) is 0 Å². The van der Waals surface area contributed by atoms with Crippen LogP contribution in [0.15, 0.2) is 24.3 Å². The summed E-state index contributed by atoms with van der Waals surface area (Å²) < 4.78 is 40.1. The fraction of sp³-hybridized carbons (Fsp3) is 0.538. The first-order chi connectivity index (χ1) is 8.85. The molecule has 0 spiro atoms. The minimum absolute atomic E-state index is 0.188. The zero-order chi connectivity index (χ0) is 14.0. The second kappa shape index (κ2) is 5.28. The predicted octanol–water partition coefficient (Wildman–Crippen LogP) is 2.77. The van der Waals surface area contributed by atoms with Crippen LogP contribution in [0, 0.1) is 0 Å². The number of rotatable bonds is 2. The van der Waals surface area contributed by atoms with Gasteiger partial charge in [-0.25, -0.2) is 0 Å². The highest BCUT2D eigenvalue weighted by Crippen LogP contribution is 2.26. The Morgan fingerprint density at radius 3 is 2.42 bits per heavy atom. The summed E-state index contributed by atoms with van der Waals surface area (Å²) in [5.74, 6) is -0.188. The fourth-order valence-electron chi connectivity index (χ4n) is 2.22. The van der Waals surface area contributed by atoms with E-state index in [0.29, 0.717) is 12.1 Å². The number of halogens is 3. The Hall–Kier alpha value is -1.43. The number of alkyl halides is 3. The van der Waals surface area contributed by atoms with Gasteiger partial charge in [-0.3, -0.25) is 0 Å². The molecule has 1 heterocycles. The molecule has 0 aromatic heterocycles. The number of hydrogen-bond acceptors (Lipinski definition) is 3. The van der Waals surface area contributed by atoms with Crippen LogP contribution in [0.4, 0.5) is 18.9 Å². The summed E-state index contributed by atoms with van der Waals surface area (Å²) >= 11 is 0. The molecule has 6 heteroatoms. The third kappa shape index (κ3) is 3.76. The van der Waals surface area contributed by atoms with Crippen LogP contribution in [-0.2, 0) is 0 Å². The van der Waals surface area contributed by atoms with E-state index in [1.165, 1.54) is 12.1 Å². The average molecular weight is 274 g/mol. The first-order valence-electron chi connectivity index (χ1n) is 6.21. The summed E-state index contributed by atoms with van der Waals surface area (Å²) in [6.07, 6.45) is -4.64. The lowest BCUT2D eigenvalue weighted by molar-refractivity contribution is -0.274. The third-order valence-electron chi connectivity index (χ3n) is 3.17. The molecule has 19 heavy (non-hydrogen) atoms. The highest BCUT2D eigenvalue weighted by molar-refractivity contribution is 5.50. The summed E-state index contributed by atoms with van der Waals surface area (Å²) in [5, 5.41) is 3.36. The van der Waals surface area contributed by atoms with E-state index in [9.17, 15) is 13.2 Å². The standard InChI is InChI=1S/C13H17F3N2O/c1-9-8-18(10(2)7-17-9)11-3-5-12(6-4-11)19-13(14,15)16/h3-6,9-10,17H,7-8H2,1-2H3/t9-,10+/m1/s1. The fourth-order valence-corrected chi connectivity index (χ4v) is 2.22. The SMILES string of the molecule is C[C@@H]1CN(c2ccc(OC(F)(F)F)cc2)[C@@H](C)CN1. The molecule has 1 fully saturated rings. The van der Waals surface area contributed by atoms with Gasteiger partial charge in [0.05, 0.1) is 0 Å². The van der Waals surface area contributed by atoms with E-state index in [-0.39, 0.29) is 5.75 Å². The molecule has 3 nitrogen and oxygen atoms in total. The van der Waals surface area contributed by atoms with Crippen molar-refractivity contribution < 1.29 is 17.9 Å². The molecule has 1 aromatic carbocycles. The zero-order valence-corrected chi connectivity index (χ0v) is 10.9. The van der Waals surface area contributed by atoms with Gasteiger partial charge in [-0.15, -0.1) is 13.2 Å². The van der Waals surface area contributed by atoms with Crippen molar-refractivity contribution in [2.24, 2.45) is 0 Å². The molecule has 2 rings (SSSR count). The number of nitrogens with zero attached hydrogens (tertiary/aromatic N) is 1. The van der Waals surface area contributed by atoms with E-state index in [0.717, 1.165) is 18.8 Å². The normalized spacial score (nSPS) is 24.4. The van der Waals surface area contributed by atoms with E-state index in [4.69, 9.17) is 0 Å². The second-order valence-corrected chi connectivity index (χ2v) is 4.85. The van der Waals surface area contributed by atoms with E-state index >= 15 is 0 Å². The number of piperazine rings is 1. The van der Waals surface area contributed by atoms with Crippen LogP contribution in [0.2, 0.25) is 0 Å². The Kier molecular flexibility index (Phi) is 3.89. The summed E-state index contributed by atoms with van der Waals surface area (Å²) in [7, 11) is 0. The molecular formula is C13H17F3N2O. The minimum atomic E-state index is -4.64. The van der Waals surface area contributed by atoms with Crippen LogP contribution in [0.5, 0.6) is 5.75 Å². The van der Waals surface area contributed by atoms with Gasteiger partial charge in [-0.05, 0) is 38.1 Å². The largest absolute Gasteiger partial charge is 0.573 e. The van der Waals surface area contributed by atoms with Gasteiger partial charge in [-0.2, -0.15) is 0 Å². The van der Waals surface area contributed by atoms with Gasteiger partial charge in [0, 0.05) is 30.9 Å². The Labute approximate surface area is 110 Å². The lowest BCUT2D eigenvalue weighted by Gasteiger charge is -2.39. The van der Waals surface area contributed by atoms with Crippen LogP contribution in [0.1, 0.15) is 13.8 Å². The lowest BCUT2D eigenvalue weighted by atomic mass is 10.1. The molecule has 1 aliphatic heterocycles. The Morgan fingerprint density at radius 2 is 1.84 bits per heavy atom. The van der Waals surface area contributed by atoms with Crippen LogP contribution < -0.4 is 15.0 Å². The Morgan fingerprint density at radius 1 is 1.21 bits per heavy atom. The maximum absolute atomic E-state index is 12.1. The highest BCUT2D eigenvalue weighted by Gasteiger charge is 2.31. The predicted molar refractivity (Wildman–Crippen MR) is 67.4 cm³/mol. The molecule has 0 aliphatic carbocycles. The first-order valence-corrected chi connectivity index (χ1v) is 6.21. The van der Waals surface area contributed by atoms with Crippen molar-refractivity contribution in [3.8, 4) is 5.75 Å². The van der Waals surface area contributed by atoms with Crippen molar-refractivity contribution in [2.75, 3.05) is 18.0 Å². The number of anilines is 1. The Balaban J connectivity index is 2.09. The summed E-state index contributed by atoms with van der Waals surface area (Å²) in [6, 6.07) is 6.70. The molecule has 1 saturated heterocycles. The van der Waals surface area contributed by atoms with Gasteiger partial charge in [0.25, 0.3) is 0 Å². The summed E-state index contributed by atoms with van der Waals surface area (Å²) in [4.78, 5) is 2.18. The molecule has 0 amide bonds. The number of ether oxygens (including phenoxy) is 1. The number of hydrogen-bond donors (Lipinski definition) is 1. The summed E-state index contributed by atoms with van der Waals surface area (Å²) in [6.45, 7) is 5.86. The van der Waals surface area contributed by atoms with Crippen molar-refractivity contribution >= 4 is 5.69 Å². The molecule has 1 aromatic rings. The molecule has 1 N–H and O–H groups in total. The maximum atomic E-state index is 12.1. The molecule has 0 unspecified atom stereocenters. The van der Waals surface area contributed by atoms with E-state index in [2.05, 4.69) is 28.8 Å². The number of nitrogens with one attached hydrogen (secondary N) is 1. The molecule has 0 bridgehead atoms. The van der Waals surface area contributed by atoms with Gasteiger partial charge >= 0.3 is 6.36 Å². The van der Waals surface area contributed by atoms with Crippen molar-refractivity contribution in [1.29, 1.82) is 0 Å². The first kappa shape index (κ1) is 14.0. The van der Waals surface area contributed by atoms with E-state index in [1.807, 2.05) is 0 Å². The number of benzene rings is 1. The van der Waals surface area contributed by atoms with Crippen LogP contribution >= 0.6 is 0 Å². The molecular weight excluding hydrogens is 257 g/mol. The van der Waals surface area contributed by atoms with Crippen molar-refractivity contribution in [3.63, 3.8) is 0 Å². The smallest absolute Gasteiger partial charge is 0.406 e.